The fourth-order valence-corrected chi connectivity index (χ4v) is 2.88. The van der Waals surface area contributed by atoms with E-state index >= 15 is 0 Å². The van der Waals surface area contributed by atoms with Crippen molar-refractivity contribution in [2.45, 2.75) is 32.7 Å². The minimum absolute atomic E-state index is 0.0318. The monoisotopic (exact) mass is 281 g/mol. The van der Waals surface area contributed by atoms with Crippen LogP contribution >= 0.6 is 11.6 Å². The maximum atomic E-state index is 12.6. The maximum absolute atomic E-state index is 12.6. The van der Waals surface area contributed by atoms with Crippen molar-refractivity contribution >= 4 is 17.5 Å². The van der Waals surface area contributed by atoms with Crippen molar-refractivity contribution in [1.82, 2.24) is 4.90 Å². The number of likely N-dealkylation sites (tertiary alicyclic amines) is 1. The summed E-state index contributed by atoms with van der Waals surface area (Å²) < 4.78 is 0. The molecule has 0 unspecified atom stereocenters. The Morgan fingerprint density at radius 1 is 1.47 bits per heavy atom. The van der Waals surface area contributed by atoms with Crippen LogP contribution in [-0.4, -0.2) is 35.1 Å². The molecule has 3 nitrogen and oxygen atoms in total. The van der Waals surface area contributed by atoms with E-state index in [0.717, 1.165) is 18.4 Å². The number of hydrogen-bond acceptors (Lipinski definition) is 2. The Kier molecular flexibility index (Phi) is 4.48. The van der Waals surface area contributed by atoms with Gasteiger partial charge in [-0.15, -0.1) is 0 Å². The van der Waals surface area contributed by atoms with Crippen LogP contribution in [0.4, 0.5) is 0 Å². The maximum Gasteiger partial charge on any atom is 0.255 e. The number of rotatable bonds is 2. The Hall–Kier alpha value is -1.06. The number of nitrogens with zero attached hydrogens (tertiary/aromatic N) is 1. The molecule has 4 heteroatoms. The van der Waals surface area contributed by atoms with Crippen molar-refractivity contribution in [1.29, 1.82) is 0 Å². The van der Waals surface area contributed by atoms with Gasteiger partial charge in [0.05, 0.1) is 10.6 Å². The molecule has 0 spiro atoms. The molecule has 0 bridgehead atoms. The van der Waals surface area contributed by atoms with Crippen LogP contribution in [0.5, 0.6) is 0 Å². The molecule has 0 aliphatic carbocycles. The van der Waals surface area contributed by atoms with Crippen LogP contribution in [-0.2, 0) is 0 Å². The van der Waals surface area contributed by atoms with Gasteiger partial charge < -0.3 is 10.0 Å². The molecule has 104 valence electrons. The largest absolute Gasteiger partial charge is 0.396 e. The topological polar surface area (TPSA) is 40.5 Å². The number of amides is 1. The molecular weight excluding hydrogens is 262 g/mol. The van der Waals surface area contributed by atoms with Crippen molar-refractivity contribution in [2.75, 3.05) is 13.2 Å². The lowest BCUT2D eigenvalue weighted by Gasteiger charge is -2.37. The summed E-state index contributed by atoms with van der Waals surface area (Å²) >= 11 is 6.16. The van der Waals surface area contributed by atoms with Gasteiger partial charge >= 0.3 is 0 Å². The average Bonchev–Trinajstić information content (AvgIpc) is 2.38. The summed E-state index contributed by atoms with van der Waals surface area (Å²) in [5, 5.41) is 9.78. The molecule has 0 radical (unpaired) electrons. The highest BCUT2D eigenvalue weighted by Crippen LogP contribution is 2.26. The summed E-state index contributed by atoms with van der Waals surface area (Å²) in [5.74, 6) is 0.153. The smallest absolute Gasteiger partial charge is 0.255 e. The first-order chi connectivity index (χ1) is 9.02. The molecule has 1 aliphatic rings. The van der Waals surface area contributed by atoms with Crippen LogP contribution in [0, 0.1) is 12.8 Å². The van der Waals surface area contributed by atoms with Crippen molar-refractivity contribution < 1.29 is 9.90 Å². The van der Waals surface area contributed by atoms with E-state index < -0.39 is 0 Å². The number of aliphatic hydroxyl groups excluding tert-OH is 1. The van der Waals surface area contributed by atoms with Gasteiger partial charge in [0.1, 0.15) is 0 Å². The van der Waals surface area contributed by atoms with E-state index in [-0.39, 0.29) is 24.5 Å². The first-order valence-electron chi connectivity index (χ1n) is 6.71. The summed E-state index contributed by atoms with van der Waals surface area (Å²) in [4.78, 5) is 14.4. The first kappa shape index (κ1) is 14.4. The highest BCUT2D eigenvalue weighted by molar-refractivity contribution is 6.33. The number of carbonyl (C=O) groups excluding carboxylic acids is 1. The lowest BCUT2D eigenvalue weighted by molar-refractivity contribution is 0.0489. The molecule has 1 N–H and O–H groups in total. The molecule has 1 amide bonds. The molecular formula is C15H20ClNO2. The van der Waals surface area contributed by atoms with Gasteiger partial charge in [0.15, 0.2) is 0 Å². The van der Waals surface area contributed by atoms with Gasteiger partial charge in [-0.3, -0.25) is 4.79 Å². The third-order valence-corrected chi connectivity index (χ3v) is 4.17. The molecule has 1 heterocycles. The van der Waals surface area contributed by atoms with Crippen LogP contribution in [0.25, 0.3) is 0 Å². The predicted molar refractivity (Wildman–Crippen MR) is 76.5 cm³/mol. The molecule has 2 atom stereocenters. The number of benzene rings is 1. The Bertz CT molecular complexity index is 475. The van der Waals surface area contributed by atoms with Crippen LogP contribution in [0.2, 0.25) is 5.02 Å². The van der Waals surface area contributed by atoms with Crippen molar-refractivity contribution in [3.8, 4) is 0 Å². The second-order valence-corrected chi connectivity index (χ2v) is 5.82. The SMILES string of the molecule is Cc1ccc(C(=O)N2C[C@H](CO)CC[C@H]2C)c(Cl)c1. The van der Waals surface area contributed by atoms with Gasteiger partial charge in [-0.2, -0.15) is 0 Å². The standard InChI is InChI=1S/C15H20ClNO2/c1-10-3-6-13(14(16)7-10)15(19)17-8-12(9-18)5-4-11(17)2/h3,6-7,11-12,18H,4-5,8-9H2,1-2H3/t11-,12-/m1/s1. The lowest BCUT2D eigenvalue weighted by Crippen LogP contribution is -2.46. The second kappa shape index (κ2) is 5.93. The van der Waals surface area contributed by atoms with E-state index in [9.17, 15) is 9.90 Å². The fourth-order valence-electron chi connectivity index (χ4n) is 2.56. The van der Waals surface area contributed by atoms with E-state index in [2.05, 4.69) is 0 Å². The summed E-state index contributed by atoms with van der Waals surface area (Å²) in [7, 11) is 0. The minimum atomic E-state index is -0.0318. The molecule has 1 saturated heterocycles. The number of aliphatic hydroxyl groups is 1. The fraction of sp³-hybridized carbons (Fsp3) is 0.533. The molecule has 1 fully saturated rings. The zero-order valence-electron chi connectivity index (χ0n) is 11.4. The predicted octanol–water partition coefficient (Wildman–Crippen LogP) is 2.88. The van der Waals surface area contributed by atoms with E-state index in [1.165, 1.54) is 0 Å². The summed E-state index contributed by atoms with van der Waals surface area (Å²) in [6.45, 7) is 4.75. The van der Waals surface area contributed by atoms with Gasteiger partial charge in [-0.05, 0) is 50.3 Å². The van der Waals surface area contributed by atoms with E-state index in [0.29, 0.717) is 17.1 Å². The quantitative estimate of drug-likeness (QED) is 0.905. The number of halogens is 1. The molecule has 0 aromatic heterocycles. The molecule has 0 saturated carbocycles. The Labute approximate surface area is 119 Å². The van der Waals surface area contributed by atoms with Crippen molar-refractivity contribution in [2.24, 2.45) is 5.92 Å². The normalized spacial score (nSPS) is 23.5. The third-order valence-electron chi connectivity index (χ3n) is 3.85. The van der Waals surface area contributed by atoms with Crippen molar-refractivity contribution in [3.63, 3.8) is 0 Å². The Balaban J connectivity index is 2.22. The first-order valence-corrected chi connectivity index (χ1v) is 7.08. The van der Waals surface area contributed by atoms with Gasteiger partial charge in [-0.1, -0.05) is 17.7 Å². The summed E-state index contributed by atoms with van der Waals surface area (Å²) in [6, 6.07) is 5.70. The van der Waals surface area contributed by atoms with Crippen LogP contribution in [0.15, 0.2) is 18.2 Å². The number of aryl methyl sites for hydroxylation is 1. The highest BCUT2D eigenvalue weighted by Gasteiger charge is 2.30. The lowest BCUT2D eigenvalue weighted by atomic mass is 9.93. The van der Waals surface area contributed by atoms with E-state index in [1.807, 2.05) is 30.9 Å². The van der Waals surface area contributed by atoms with E-state index in [1.54, 1.807) is 6.07 Å². The molecule has 1 aromatic rings. The number of piperidine rings is 1. The molecule has 19 heavy (non-hydrogen) atoms. The number of carbonyl (C=O) groups is 1. The van der Waals surface area contributed by atoms with Gasteiger partial charge in [0, 0.05) is 19.2 Å². The average molecular weight is 282 g/mol. The van der Waals surface area contributed by atoms with Crippen molar-refractivity contribution in [3.05, 3.63) is 34.3 Å². The van der Waals surface area contributed by atoms with E-state index in [4.69, 9.17) is 11.6 Å². The zero-order valence-corrected chi connectivity index (χ0v) is 12.2. The zero-order chi connectivity index (χ0) is 14.0. The van der Waals surface area contributed by atoms with Crippen LogP contribution < -0.4 is 0 Å². The molecule has 1 aliphatic heterocycles. The van der Waals surface area contributed by atoms with Gasteiger partial charge in [-0.25, -0.2) is 0 Å². The highest BCUT2D eigenvalue weighted by atomic mass is 35.5. The minimum Gasteiger partial charge on any atom is -0.396 e. The van der Waals surface area contributed by atoms with Gasteiger partial charge in [0.2, 0.25) is 0 Å². The molecule has 1 aromatic carbocycles. The third kappa shape index (κ3) is 3.10. The second-order valence-electron chi connectivity index (χ2n) is 5.42. The Morgan fingerprint density at radius 3 is 2.84 bits per heavy atom. The number of hydrogen-bond donors (Lipinski definition) is 1. The molecule has 2 rings (SSSR count). The Morgan fingerprint density at radius 2 is 2.21 bits per heavy atom. The summed E-state index contributed by atoms with van der Waals surface area (Å²) in [6.07, 6.45) is 1.91. The van der Waals surface area contributed by atoms with Crippen LogP contribution in [0.1, 0.15) is 35.7 Å². The summed E-state index contributed by atoms with van der Waals surface area (Å²) in [5.41, 5.74) is 1.60. The van der Waals surface area contributed by atoms with Crippen LogP contribution in [0.3, 0.4) is 0 Å². The van der Waals surface area contributed by atoms with Gasteiger partial charge in [0.25, 0.3) is 5.91 Å².